The number of hydrogen-bond acceptors (Lipinski definition) is 9. The second-order valence-corrected chi connectivity index (χ2v) is 9.32. The van der Waals surface area contributed by atoms with Crippen LogP contribution in [0.3, 0.4) is 0 Å². The Hall–Kier alpha value is -0.950. The molecule has 0 aromatic rings. The van der Waals surface area contributed by atoms with E-state index in [0.29, 0.717) is 36.7 Å². The van der Waals surface area contributed by atoms with Crippen molar-refractivity contribution in [2.24, 2.45) is 0 Å². The van der Waals surface area contributed by atoms with E-state index >= 15 is 0 Å². The summed E-state index contributed by atoms with van der Waals surface area (Å²) in [6.45, 7) is 0.513. The maximum Gasteiger partial charge on any atom is 0.220 e. The summed E-state index contributed by atoms with van der Waals surface area (Å²) in [7, 11) is 1.37. The predicted octanol–water partition coefficient (Wildman–Crippen LogP) is -0.400. The number of carbonyl (C=O) groups excluding carboxylic acids is 2. The molecule has 2 aliphatic rings. The Bertz CT molecular complexity index is 544. The lowest BCUT2D eigenvalue weighted by Crippen LogP contribution is -2.40. The number of thioether (sulfide) groups is 1. The largest absolute Gasteiger partial charge is 0.394 e. The quantitative estimate of drug-likeness (QED) is 0.103. The van der Waals surface area contributed by atoms with E-state index in [0.717, 1.165) is 44.3 Å². The van der Waals surface area contributed by atoms with Gasteiger partial charge in [-0.25, -0.2) is 9.78 Å². The third kappa shape index (κ3) is 10.0. The van der Waals surface area contributed by atoms with Crippen LogP contribution in [0.5, 0.6) is 0 Å². The maximum atomic E-state index is 12.0. The molecule has 5 atom stereocenters. The van der Waals surface area contributed by atoms with Crippen molar-refractivity contribution >= 4 is 23.6 Å². The van der Waals surface area contributed by atoms with Crippen molar-refractivity contribution in [2.75, 3.05) is 32.6 Å². The lowest BCUT2D eigenvalue weighted by molar-refractivity contribution is -0.276. The molecule has 5 unspecified atom stereocenters. The number of hydrogen-bond donors (Lipinski definition) is 6. The molecule has 0 aromatic carbocycles. The monoisotopic (exact) mass is 462 g/mol. The van der Waals surface area contributed by atoms with Crippen LogP contribution in [0.25, 0.3) is 0 Å². The Morgan fingerprint density at radius 3 is 2.68 bits per heavy atom. The van der Waals surface area contributed by atoms with E-state index in [2.05, 4.69) is 26.2 Å². The Morgan fingerprint density at radius 1 is 1.13 bits per heavy atom. The van der Waals surface area contributed by atoms with Gasteiger partial charge >= 0.3 is 0 Å². The molecular weight excluding hydrogens is 424 g/mol. The minimum atomic E-state index is -0.591. The third-order valence-electron chi connectivity index (χ3n) is 5.56. The number of aliphatic hydroxyl groups is 2. The molecule has 2 fully saturated rings. The summed E-state index contributed by atoms with van der Waals surface area (Å²) in [6.07, 6.45) is 5.65. The molecule has 11 heteroatoms. The van der Waals surface area contributed by atoms with Crippen LogP contribution in [-0.2, 0) is 19.4 Å². The Kier molecular flexibility index (Phi) is 12.7. The smallest absolute Gasteiger partial charge is 0.220 e. The van der Waals surface area contributed by atoms with Gasteiger partial charge in [-0.1, -0.05) is 12.8 Å². The number of unbranched alkanes of at least 4 members (excludes halogenated alkanes) is 3. The number of amides is 2. The van der Waals surface area contributed by atoms with Crippen LogP contribution < -0.4 is 21.3 Å². The summed E-state index contributed by atoms with van der Waals surface area (Å²) in [4.78, 5) is 33.0. The van der Waals surface area contributed by atoms with Crippen LogP contribution in [0.15, 0.2) is 0 Å². The Labute approximate surface area is 188 Å². The fraction of sp³-hybridized carbons (Fsp3) is 0.900. The average molecular weight is 463 g/mol. The summed E-state index contributed by atoms with van der Waals surface area (Å²) in [5, 5.41) is 31.2. The van der Waals surface area contributed by atoms with E-state index in [-0.39, 0.29) is 25.0 Å². The van der Waals surface area contributed by atoms with Gasteiger partial charge in [-0.3, -0.25) is 20.2 Å². The van der Waals surface area contributed by atoms with Gasteiger partial charge in [0.15, 0.2) is 6.35 Å². The van der Waals surface area contributed by atoms with Gasteiger partial charge in [-0.15, -0.1) is 0 Å². The first-order valence-electron chi connectivity index (χ1n) is 11.2. The SMILES string of the molecule is COOCC(CO)NC(=O)CCCCCNC(=O)CCCCC1SCC2NC(O)NC21. The lowest BCUT2D eigenvalue weighted by Gasteiger charge is -2.17. The van der Waals surface area contributed by atoms with Crippen molar-refractivity contribution in [2.45, 2.75) is 81.1 Å². The lowest BCUT2D eigenvalue weighted by atomic mass is 10.0. The van der Waals surface area contributed by atoms with Gasteiger partial charge in [0.1, 0.15) is 6.61 Å². The van der Waals surface area contributed by atoms with Gasteiger partial charge in [-0.2, -0.15) is 11.8 Å². The summed E-state index contributed by atoms with van der Waals surface area (Å²) in [5.41, 5.74) is 0. The zero-order valence-corrected chi connectivity index (χ0v) is 19.1. The first-order valence-corrected chi connectivity index (χ1v) is 12.2. The summed E-state index contributed by atoms with van der Waals surface area (Å²) >= 11 is 1.94. The van der Waals surface area contributed by atoms with Crippen molar-refractivity contribution in [3.05, 3.63) is 0 Å². The number of fused-ring (bicyclic) bond motifs is 1. The zero-order valence-electron chi connectivity index (χ0n) is 18.3. The van der Waals surface area contributed by atoms with E-state index in [4.69, 9.17) is 9.99 Å². The zero-order chi connectivity index (χ0) is 22.5. The summed E-state index contributed by atoms with van der Waals surface area (Å²) in [5.74, 6) is 0.966. The van der Waals surface area contributed by atoms with E-state index < -0.39 is 12.4 Å². The van der Waals surface area contributed by atoms with Gasteiger partial charge < -0.3 is 20.8 Å². The highest BCUT2D eigenvalue weighted by atomic mass is 32.2. The fourth-order valence-corrected chi connectivity index (χ4v) is 5.46. The van der Waals surface area contributed by atoms with Crippen LogP contribution in [0.4, 0.5) is 0 Å². The standard InChI is InChI=1S/C20H38N4O6S/c1-29-30-12-14(11-25)22-18(27)9-3-2-6-10-21-17(26)8-5-4-7-16-19-15(13-31-16)23-20(28)24-19/h14-16,19-20,23-25,28H,2-13H2,1H3,(H,21,26)(H,22,27). The molecule has 0 bridgehead atoms. The molecule has 180 valence electrons. The molecule has 0 saturated carbocycles. The predicted molar refractivity (Wildman–Crippen MR) is 118 cm³/mol. The van der Waals surface area contributed by atoms with E-state index in [9.17, 15) is 14.7 Å². The molecule has 0 spiro atoms. The molecule has 0 radical (unpaired) electrons. The molecule has 31 heavy (non-hydrogen) atoms. The van der Waals surface area contributed by atoms with Crippen LogP contribution >= 0.6 is 11.8 Å². The average Bonchev–Trinajstić information content (AvgIpc) is 3.30. The summed E-state index contributed by atoms with van der Waals surface area (Å²) < 4.78 is 0. The van der Waals surface area contributed by atoms with Crippen molar-refractivity contribution in [3.8, 4) is 0 Å². The molecule has 2 amide bonds. The highest BCUT2D eigenvalue weighted by molar-refractivity contribution is 8.00. The van der Waals surface area contributed by atoms with Crippen molar-refractivity contribution in [1.29, 1.82) is 0 Å². The highest BCUT2D eigenvalue weighted by Crippen LogP contribution is 2.33. The van der Waals surface area contributed by atoms with E-state index in [1.165, 1.54) is 7.11 Å². The normalized spacial score (nSPS) is 25.9. The molecule has 0 aromatic heterocycles. The molecule has 2 heterocycles. The third-order valence-corrected chi connectivity index (χ3v) is 7.07. The summed E-state index contributed by atoms with van der Waals surface area (Å²) in [6, 6.07) is 0.197. The van der Waals surface area contributed by atoms with Crippen LogP contribution in [0, 0.1) is 0 Å². The molecule has 10 nitrogen and oxygen atoms in total. The first kappa shape index (κ1) is 26.3. The minimum absolute atomic E-state index is 0.0784. The van der Waals surface area contributed by atoms with Gasteiger partial charge in [0, 0.05) is 42.5 Å². The number of rotatable bonds is 16. The molecule has 2 saturated heterocycles. The van der Waals surface area contributed by atoms with Crippen LogP contribution in [-0.4, -0.2) is 84.4 Å². The maximum absolute atomic E-state index is 12.0. The van der Waals surface area contributed by atoms with Gasteiger partial charge in [0.05, 0.1) is 19.8 Å². The fourth-order valence-electron chi connectivity index (χ4n) is 3.89. The molecule has 6 N–H and O–H groups in total. The second-order valence-electron chi connectivity index (χ2n) is 8.04. The van der Waals surface area contributed by atoms with Crippen molar-refractivity contribution in [1.82, 2.24) is 21.3 Å². The molecule has 0 aliphatic carbocycles. The van der Waals surface area contributed by atoms with Gasteiger partial charge in [-0.05, 0) is 25.7 Å². The first-order chi connectivity index (χ1) is 15.0. The number of aliphatic hydroxyl groups excluding tert-OH is 2. The molecular formula is C20H38N4O6S. The van der Waals surface area contributed by atoms with Crippen LogP contribution in [0.2, 0.25) is 0 Å². The van der Waals surface area contributed by atoms with E-state index in [1.54, 1.807) is 0 Å². The van der Waals surface area contributed by atoms with Crippen LogP contribution in [0.1, 0.15) is 51.4 Å². The van der Waals surface area contributed by atoms with Gasteiger partial charge in [0.2, 0.25) is 11.8 Å². The van der Waals surface area contributed by atoms with Crippen molar-refractivity contribution < 1.29 is 29.6 Å². The van der Waals surface area contributed by atoms with Crippen molar-refractivity contribution in [3.63, 3.8) is 0 Å². The number of nitrogens with one attached hydrogen (secondary N) is 4. The Balaban J connectivity index is 1.41. The van der Waals surface area contributed by atoms with Gasteiger partial charge in [0.25, 0.3) is 0 Å². The van der Waals surface area contributed by atoms with E-state index in [1.807, 2.05) is 11.8 Å². The number of carbonyl (C=O) groups is 2. The minimum Gasteiger partial charge on any atom is -0.394 e. The molecule has 2 rings (SSSR count). The second kappa shape index (κ2) is 15.0. The Morgan fingerprint density at radius 2 is 1.90 bits per heavy atom. The molecule has 2 aliphatic heterocycles. The topological polar surface area (TPSA) is 141 Å². The highest BCUT2D eigenvalue weighted by Gasteiger charge is 2.42.